The number of hydrogen-bond donors (Lipinski definition) is 3. The van der Waals surface area contributed by atoms with Crippen molar-refractivity contribution >= 4 is 35.1 Å². The Hall–Kier alpha value is -1.46. The Morgan fingerprint density at radius 3 is 2.53 bits per heavy atom. The first-order valence-electron chi connectivity index (χ1n) is 3.84. The number of halogens is 2. The van der Waals surface area contributed by atoms with Gasteiger partial charge in [-0.1, -0.05) is 23.2 Å². The maximum absolute atomic E-state index is 11.4. The van der Waals surface area contributed by atoms with Crippen molar-refractivity contribution in [2.75, 3.05) is 0 Å². The molecule has 5 N–H and O–H groups in total. The fourth-order valence-corrected chi connectivity index (χ4v) is 1.34. The number of hydrogen-bond acceptors (Lipinski definition) is 2. The van der Waals surface area contributed by atoms with E-state index in [1.165, 1.54) is 18.2 Å². The van der Waals surface area contributed by atoms with E-state index in [1.54, 1.807) is 0 Å². The Bertz CT molecular complexity index is 415. The van der Waals surface area contributed by atoms with Gasteiger partial charge >= 0.3 is 0 Å². The number of nitrogens with two attached hydrogens (primary N) is 2. The Labute approximate surface area is 96.0 Å². The van der Waals surface area contributed by atoms with E-state index in [2.05, 4.69) is 10.5 Å². The summed E-state index contributed by atoms with van der Waals surface area (Å²) in [5, 5.41) is 4.02. The molecule has 7 heteroatoms. The van der Waals surface area contributed by atoms with Gasteiger partial charge in [-0.05, 0) is 18.2 Å². The quantitative estimate of drug-likeness (QED) is 0.412. The van der Waals surface area contributed by atoms with Gasteiger partial charge in [0.15, 0.2) is 0 Å². The zero-order chi connectivity index (χ0) is 11.4. The lowest BCUT2D eigenvalue weighted by atomic mass is 10.2. The smallest absolute Gasteiger partial charge is 0.272 e. The normalized spacial score (nSPS) is 9.47. The van der Waals surface area contributed by atoms with Crippen molar-refractivity contribution in [3.63, 3.8) is 0 Å². The van der Waals surface area contributed by atoms with Crippen LogP contribution in [0.3, 0.4) is 0 Å². The van der Waals surface area contributed by atoms with Gasteiger partial charge in [0.2, 0.25) is 5.96 Å². The van der Waals surface area contributed by atoms with E-state index in [9.17, 15) is 4.79 Å². The van der Waals surface area contributed by atoms with Gasteiger partial charge in [0.25, 0.3) is 5.91 Å². The Morgan fingerprint density at radius 1 is 1.33 bits per heavy atom. The summed E-state index contributed by atoms with van der Waals surface area (Å²) in [5.41, 5.74) is 12.5. The van der Waals surface area contributed by atoms with Crippen molar-refractivity contribution in [2.45, 2.75) is 0 Å². The van der Waals surface area contributed by atoms with E-state index >= 15 is 0 Å². The highest BCUT2D eigenvalue weighted by molar-refractivity contribution is 6.36. The van der Waals surface area contributed by atoms with Crippen molar-refractivity contribution in [1.82, 2.24) is 5.43 Å². The van der Waals surface area contributed by atoms with E-state index in [0.717, 1.165) is 0 Å². The van der Waals surface area contributed by atoms with Crippen LogP contribution in [0.4, 0.5) is 0 Å². The molecule has 0 radical (unpaired) electrons. The molecular weight excluding hydrogens is 239 g/mol. The van der Waals surface area contributed by atoms with Crippen molar-refractivity contribution in [3.05, 3.63) is 33.8 Å². The molecular formula is C8H8Cl2N4O. The maximum atomic E-state index is 11.4. The minimum absolute atomic E-state index is 0.228. The molecule has 0 bridgehead atoms. The number of amides is 1. The summed E-state index contributed by atoms with van der Waals surface area (Å²) < 4.78 is 0. The second-order valence-corrected chi connectivity index (χ2v) is 3.45. The minimum atomic E-state index is -0.509. The second kappa shape index (κ2) is 4.86. The third-order valence-electron chi connectivity index (χ3n) is 1.46. The Kier molecular flexibility index (Phi) is 3.76. The molecule has 0 fully saturated rings. The molecule has 15 heavy (non-hydrogen) atoms. The summed E-state index contributed by atoms with van der Waals surface area (Å²) in [7, 11) is 0. The van der Waals surface area contributed by atoms with Crippen LogP contribution >= 0.6 is 23.2 Å². The maximum Gasteiger partial charge on any atom is 0.272 e. The molecule has 0 aliphatic rings. The number of carbonyl (C=O) groups excluding carboxylic acids is 1. The van der Waals surface area contributed by atoms with E-state index in [4.69, 9.17) is 34.7 Å². The van der Waals surface area contributed by atoms with Crippen LogP contribution in [0.25, 0.3) is 0 Å². The molecule has 0 spiro atoms. The second-order valence-electron chi connectivity index (χ2n) is 2.60. The first kappa shape index (κ1) is 11.6. The predicted molar refractivity (Wildman–Crippen MR) is 59.7 cm³/mol. The number of hydrazone groups is 1. The van der Waals surface area contributed by atoms with Gasteiger partial charge in [-0.25, -0.2) is 5.43 Å². The van der Waals surface area contributed by atoms with Crippen molar-refractivity contribution < 1.29 is 4.79 Å². The number of nitrogens with zero attached hydrogens (tertiary/aromatic N) is 1. The Balaban J connectivity index is 2.87. The van der Waals surface area contributed by atoms with Crippen molar-refractivity contribution in [1.29, 1.82) is 0 Å². The standard InChI is InChI=1S/C8H8Cl2N4O/c9-4-1-2-5(6(10)3-4)7(15)13-14-8(11)12/h1-3H,(H,13,15)(H4,11,12,14). The van der Waals surface area contributed by atoms with Gasteiger partial charge in [-0.3, -0.25) is 4.79 Å². The summed E-state index contributed by atoms with van der Waals surface area (Å²) in [6.07, 6.45) is 0. The first-order valence-corrected chi connectivity index (χ1v) is 4.60. The molecule has 1 rings (SSSR count). The number of nitrogens with one attached hydrogen (secondary N) is 1. The SMILES string of the molecule is NC(N)=NNC(=O)c1ccc(Cl)cc1Cl. The average molecular weight is 247 g/mol. The number of benzene rings is 1. The van der Waals surface area contributed by atoms with Gasteiger partial charge < -0.3 is 11.5 Å². The fraction of sp³-hybridized carbons (Fsp3) is 0. The van der Waals surface area contributed by atoms with Crippen LogP contribution in [-0.4, -0.2) is 11.9 Å². The van der Waals surface area contributed by atoms with Gasteiger partial charge in [0, 0.05) is 5.02 Å². The largest absolute Gasteiger partial charge is 0.369 e. The molecule has 80 valence electrons. The third kappa shape index (κ3) is 3.30. The number of carbonyl (C=O) groups is 1. The molecule has 0 saturated heterocycles. The predicted octanol–water partition coefficient (Wildman–Crippen LogP) is 0.912. The molecule has 0 aliphatic carbocycles. The van der Waals surface area contributed by atoms with Crippen LogP contribution in [-0.2, 0) is 0 Å². The zero-order valence-corrected chi connectivity index (χ0v) is 9.01. The van der Waals surface area contributed by atoms with Crippen molar-refractivity contribution in [3.8, 4) is 0 Å². The third-order valence-corrected chi connectivity index (χ3v) is 2.01. The fourth-order valence-electron chi connectivity index (χ4n) is 0.849. The van der Waals surface area contributed by atoms with Gasteiger partial charge in [-0.2, -0.15) is 0 Å². The minimum Gasteiger partial charge on any atom is -0.369 e. The molecule has 0 aliphatic heterocycles. The van der Waals surface area contributed by atoms with Gasteiger partial charge in [0.05, 0.1) is 10.6 Å². The number of guanidine groups is 1. The molecule has 0 saturated carbocycles. The topological polar surface area (TPSA) is 93.5 Å². The van der Waals surface area contributed by atoms with Gasteiger partial charge in [-0.15, -0.1) is 5.10 Å². The lowest BCUT2D eigenvalue weighted by Gasteiger charge is -2.02. The molecule has 1 aromatic rings. The molecule has 1 amide bonds. The highest BCUT2D eigenvalue weighted by Crippen LogP contribution is 2.20. The zero-order valence-electron chi connectivity index (χ0n) is 7.50. The van der Waals surface area contributed by atoms with E-state index in [0.29, 0.717) is 5.02 Å². The lowest BCUT2D eigenvalue weighted by molar-refractivity contribution is 0.0955. The molecule has 0 unspecified atom stereocenters. The highest BCUT2D eigenvalue weighted by Gasteiger charge is 2.09. The van der Waals surface area contributed by atoms with Crippen LogP contribution < -0.4 is 16.9 Å². The van der Waals surface area contributed by atoms with Crippen LogP contribution in [0.2, 0.25) is 10.0 Å². The molecule has 0 heterocycles. The van der Waals surface area contributed by atoms with Crippen LogP contribution in [0.15, 0.2) is 23.3 Å². The van der Waals surface area contributed by atoms with Crippen molar-refractivity contribution in [2.24, 2.45) is 16.6 Å². The summed E-state index contributed by atoms with van der Waals surface area (Å²) in [5.74, 6) is -0.751. The van der Waals surface area contributed by atoms with E-state index < -0.39 is 5.91 Å². The summed E-state index contributed by atoms with van der Waals surface area (Å²) >= 11 is 11.4. The summed E-state index contributed by atoms with van der Waals surface area (Å²) in [6, 6.07) is 4.47. The molecule has 0 aromatic heterocycles. The average Bonchev–Trinajstić information content (AvgIpc) is 2.14. The highest BCUT2D eigenvalue weighted by atomic mass is 35.5. The Morgan fingerprint density at radius 2 is 2.00 bits per heavy atom. The van der Waals surface area contributed by atoms with E-state index in [-0.39, 0.29) is 16.5 Å². The van der Waals surface area contributed by atoms with Crippen LogP contribution in [0.1, 0.15) is 10.4 Å². The molecule has 1 aromatic carbocycles. The summed E-state index contributed by atoms with van der Waals surface area (Å²) in [6.45, 7) is 0. The lowest BCUT2D eigenvalue weighted by Crippen LogP contribution is -2.29. The monoisotopic (exact) mass is 246 g/mol. The number of rotatable bonds is 2. The van der Waals surface area contributed by atoms with Crippen LogP contribution in [0, 0.1) is 0 Å². The van der Waals surface area contributed by atoms with Crippen LogP contribution in [0.5, 0.6) is 0 Å². The molecule has 5 nitrogen and oxygen atoms in total. The summed E-state index contributed by atoms with van der Waals surface area (Å²) in [4.78, 5) is 11.4. The van der Waals surface area contributed by atoms with E-state index in [1.807, 2.05) is 0 Å². The molecule has 0 atom stereocenters. The first-order chi connectivity index (χ1) is 7.00. The van der Waals surface area contributed by atoms with Gasteiger partial charge in [0.1, 0.15) is 0 Å².